The molecule has 1 atom stereocenters. The summed E-state index contributed by atoms with van der Waals surface area (Å²) < 4.78 is 0. The van der Waals surface area contributed by atoms with E-state index in [0.29, 0.717) is 12.8 Å². The second-order valence-electron chi connectivity index (χ2n) is 5.28. The van der Waals surface area contributed by atoms with Gasteiger partial charge in [0.15, 0.2) is 0 Å². The Morgan fingerprint density at radius 1 is 1.28 bits per heavy atom. The van der Waals surface area contributed by atoms with E-state index in [1.807, 2.05) is 6.07 Å². The van der Waals surface area contributed by atoms with E-state index in [1.54, 1.807) is 11.8 Å². The zero-order valence-electron chi connectivity index (χ0n) is 10.7. The van der Waals surface area contributed by atoms with Crippen molar-refractivity contribution in [2.75, 3.05) is 13.1 Å². The van der Waals surface area contributed by atoms with Crippen LogP contribution in [0.4, 0.5) is 0 Å². The van der Waals surface area contributed by atoms with Crippen LogP contribution in [-0.2, 0) is 9.59 Å². The molecule has 0 aromatic carbocycles. The smallest absolute Gasteiger partial charge is 0.244 e. The van der Waals surface area contributed by atoms with Crippen LogP contribution >= 0.6 is 0 Å². The fraction of sp³-hybridized carbons (Fsp3) is 0.769. The first-order valence-electron chi connectivity index (χ1n) is 6.60. The van der Waals surface area contributed by atoms with Crippen LogP contribution in [-0.4, -0.2) is 35.8 Å². The number of nitrogens with zero attached hydrogens (tertiary/aromatic N) is 2. The normalized spacial score (nSPS) is 22.8. The number of nitrogens with one attached hydrogen (secondary N) is 1. The van der Waals surface area contributed by atoms with Crippen LogP contribution in [0, 0.1) is 16.7 Å². The fourth-order valence-electron chi connectivity index (χ4n) is 2.30. The van der Waals surface area contributed by atoms with Crippen molar-refractivity contribution in [3.8, 4) is 6.07 Å². The maximum absolute atomic E-state index is 12.1. The quantitative estimate of drug-likeness (QED) is 0.804. The van der Waals surface area contributed by atoms with E-state index in [4.69, 9.17) is 5.26 Å². The lowest BCUT2D eigenvalue weighted by Crippen LogP contribution is -2.50. The van der Waals surface area contributed by atoms with Gasteiger partial charge in [-0.15, -0.1) is 0 Å². The first-order chi connectivity index (χ1) is 8.59. The van der Waals surface area contributed by atoms with Gasteiger partial charge >= 0.3 is 0 Å². The van der Waals surface area contributed by atoms with E-state index in [0.717, 1.165) is 25.9 Å². The third-order valence-corrected chi connectivity index (χ3v) is 3.78. The molecule has 1 aliphatic carbocycles. The van der Waals surface area contributed by atoms with Crippen LogP contribution in [0.5, 0.6) is 0 Å². The lowest BCUT2D eigenvalue weighted by molar-refractivity contribution is -0.137. The molecule has 1 heterocycles. The van der Waals surface area contributed by atoms with Gasteiger partial charge in [0.25, 0.3) is 0 Å². The lowest BCUT2D eigenvalue weighted by atomic mass is 10.1. The highest BCUT2D eigenvalue weighted by Gasteiger charge is 2.51. The summed E-state index contributed by atoms with van der Waals surface area (Å²) in [5.41, 5.74) is -0.851. The van der Waals surface area contributed by atoms with Gasteiger partial charge in [-0.05, 0) is 39.0 Å². The highest BCUT2D eigenvalue weighted by molar-refractivity contribution is 5.93. The number of hydrogen-bond donors (Lipinski definition) is 1. The van der Waals surface area contributed by atoms with Crippen molar-refractivity contribution >= 4 is 11.8 Å². The molecule has 1 saturated heterocycles. The Labute approximate surface area is 107 Å². The molecule has 1 N–H and O–H groups in total. The van der Waals surface area contributed by atoms with Gasteiger partial charge in [-0.2, -0.15) is 5.26 Å². The molecule has 1 saturated carbocycles. The summed E-state index contributed by atoms with van der Waals surface area (Å²) >= 11 is 0. The minimum absolute atomic E-state index is 0.0308. The SMILES string of the molecule is CC(NC(=O)C1(C#N)CC1)C(=O)N1CCCCC1. The van der Waals surface area contributed by atoms with Crippen molar-refractivity contribution in [3.63, 3.8) is 0 Å². The summed E-state index contributed by atoms with van der Waals surface area (Å²) in [7, 11) is 0. The molecule has 2 rings (SSSR count). The maximum Gasteiger partial charge on any atom is 0.244 e. The van der Waals surface area contributed by atoms with Crippen LogP contribution in [0.15, 0.2) is 0 Å². The number of amides is 2. The van der Waals surface area contributed by atoms with Gasteiger partial charge in [-0.25, -0.2) is 0 Å². The van der Waals surface area contributed by atoms with E-state index in [1.165, 1.54) is 6.42 Å². The molecule has 2 aliphatic rings. The third kappa shape index (κ3) is 2.47. The average molecular weight is 249 g/mol. The second kappa shape index (κ2) is 4.97. The molecule has 1 unspecified atom stereocenters. The number of carbonyl (C=O) groups excluding carboxylic acids is 2. The van der Waals surface area contributed by atoms with Crippen LogP contribution in [0.1, 0.15) is 39.0 Å². The van der Waals surface area contributed by atoms with Gasteiger partial charge in [0.2, 0.25) is 11.8 Å². The van der Waals surface area contributed by atoms with Gasteiger partial charge in [-0.1, -0.05) is 0 Å². The molecule has 5 heteroatoms. The molecule has 0 spiro atoms. The molecular formula is C13H19N3O2. The maximum atomic E-state index is 12.1. The van der Waals surface area contributed by atoms with Crippen molar-refractivity contribution in [1.82, 2.24) is 10.2 Å². The minimum Gasteiger partial charge on any atom is -0.343 e. The van der Waals surface area contributed by atoms with Crippen LogP contribution in [0.25, 0.3) is 0 Å². The summed E-state index contributed by atoms with van der Waals surface area (Å²) in [5.74, 6) is -0.320. The molecule has 0 radical (unpaired) electrons. The Morgan fingerprint density at radius 2 is 1.89 bits per heavy atom. The predicted octanol–water partition coefficient (Wildman–Crippen LogP) is 0.807. The molecule has 5 nitrogen and oxygen atoms in total. The van der Waals surface area contributed by atoms with Gasteiger partial charge in [0, 0.05) is 13.1 Å². The molecule has 18 heavy (non-hydrogen) atoms. The second-order valence-corrected chi connectivity index (χ2v) is 5.28. The summed E-state index contributed by atoms with van der Waals surface area (Å²) in [5, 5.41) is 11.6. The zero-order chi connectivity index (χ0) is 13.2. The average Bonchev–Trinajstić information content (AvgIpc) is 3.19. The Hall–Kier alpha value is -1.57. The molecule has 98 valence electrons. The topological polar surface area (TPSA) is 73.2 Å². The van der Waals surface area contributed by atoms with Crippen LogP contribution < -0.4 is 5.32 Å². The molecule has 0 aromatic heterocycles. The summed E-state index contributed by atoms with van der Waals surface area (Å²) in [4.78, 5) is 25.8. The highest BCUT2D eigenvalue weighted by atomic mass is 16.2. The van der Waals surface area contributed by atoms with E-state index in [9.17, 15) is 9.59 Å². The predicted molar refractivity (Wildman–Crippen MR) is 65.3 cm³/mol. The highest BCUT2D eigenvalue weighted by Crippen LogP contribution is 2.45. The van der Waals surface area contributed by atoms with Crippen molar-refractivity contribution < 1.29 is 9.59 Å². The minimum atomic E-state index is -0.851. The van der Waals surface area contributed by atoms with E-state index < -0.39 is 11.5 Å². The van der Waals surface area contributed by atoms with Gasteiger partial charge in [-0.3, -0.25) is 9.59 Å². The summed E-state index contributed by atoms with van der Waals surface area (Å²) in [6.45, 7) is 3.26. The molecule has 0 bridgehead atoms. The first kappa shape index (κ1) is 12.9. The van der Waals surface area contributed by atoms with Crippen molar-refractivity contribution in [2.24, 2.45) is 5.41 Å². The van der Waals surface area contributed by atoms with Crippen LogP contribution in [0.2, 0.25) is 0 Å². The Morgan fingerprint density at radius 3 is 2.39 bits per heavy atom. The van der Waals surface area contributed by atoms with Crippen molar-refractivity contribution in [3.05, 3.63) is 0 Å². The number of carbonyl (C=O) groups is 2. The Kier molecular flexibility index (Phi) is 3.55. The van der Waals surface area contributed by atoms with Crippen molar-refractivity contribution in [1.29, 1.82) is 5.26 Å². The monoisotopic (exact) mass is 249 g/mol. The largest absolute Gasteiger partial charge is 0.343 e. The van der Waals surface area contributed by atoms with Crippen molar-refractivity contribution in [2.45, 2.75) is 45.1 Å². The number of rotatable bonds is 3. The standard InChI is InChI=1S/C13H19N3O2/c1-10(11(17)16-7-3-2-4-8-16)15-12(18)13(9-14)5-6-13/h10H,2-8H2,1H3,(H,15,18). The zero-order valence-corrected chi connectivity index (χ0v) is 10.7. The molecule has 2 fully saturated rings. The fourth-order valence-corrected chi connectivity index (χ4v) is 2.30. The first-order valence-corrected chi connectivity index (χ1v) is 6.60. The Bertz CT molecular complexity index is 390. The number of likely N-dealkylation sites (tertiary alicyclic amines) is 1. The van der Waals surface area contributed by atoms with E-state index >= 15 is 0 Å². The summed E-state index contributed by atoms with van der Waals surface area (Å²) in [6.07, 6.45) is 4.46. The lowest BCUT2D eigenvalue weighted by Gasteiger charge is -2.29. The molecular weight excluding hydrogens is 230 g/mol. The van der Waals surface area contributed by atoms with Gasteiger partial charge in [0.1, 0.15) is 11.5 Å². The van der Waals surface area contributed by atoms with E-state index in [-0.39, 0.29) is 11.8 Å². The van der Waals surface area contributed by atoms with Gasteiger partial charge in [0.05, 0.1) is 6.07 Å². The molecule has 1 aliphatic heterocycles. The molecule has 0 aromatic rings. The van der Waals surface area contributed by atoms with E-state index in [2.05, 4.69) is 5.32 Å². The number of hydrogen-bond acceptors (Lipinski definition) is 3. The number of piperidine rings is 1. The van der Waals surface area contributed by atoms with Crippen LogP contribution in [0.3, 0.4) is 0 Å². The summed E-state index contributed by atoms with van der Waals surface area (Å²) in [6, 6.07) is 1.51. The molecule has 2 amide bonds. The van der Waals surface area contributed by atoms with Gasteiger partial charge < -0.3 is 10.2 Å². The number of nitriles is 1. The third-order valence-electron chi connectivity index (χ3n) is 3.78. The Balaban J connectivity index is 1.87.